The maximum Gasteiger partial charge on any atom is 0.245 e. The number of hydrogen-bond acceptors (Lipinski definition) is 7. The van der Waals surface area contributed by atoms with E-state index in [2.05, 4.69) is 38.0 Å². The van der Waals surface area contributed by atoms with Crippen molar-refractivity contribution in [3.05, 3.63) is 41.7 Å². The first kappa shape index (κ1) is 15.9. The second-order valence-corrected chi connectivity index (χ2v) is 6.38. The zero-order chi connectivity index (χ0) is 17.4. The number of nitrogens with one attached hydrogen (secondary N) is 2. The van der Waals surface area contributed by atoms with Crippen LogP contribution in [0.25, 0.3) is 17.2 Å². The summed E-state index contributed by atoms with van der Waals surface area (Å²) in [5, 5.41) is 8.53. The number of hydrogen-bond donors (Lipinski definition) is 2. The lowest BCUT2D eigenvalue weighted by Gasteiger charge is -2.03. The van der Waals surface area contributed by atoms with Crippen molar-refractivity contribution in [3.63, 3.8) is 0 Å². The van der Waals surface area contributed by atoms with Crippen molar-refractivity contribution in [1.29, 1.82) is 0 Å². The summed E-state index contributed by atoms with van der Waals surface area (Å²) in [7, 11) is 0. The third kappa shape index (κ3) is 3.06. The Kier molecular flexibility index (Phi) is 4.06. The summed E-state index contributed by atoms with van der Waals surface area (Å²) in [6.45, 7) is 6.12. The molecule has 0 aromatic carbocycles. The molecule has 1 aliphatic rings. The van der Waals surface area contributed by atoms with Crippen LogP contribution in [0.1, 0.15) is 43.1 Å². The Morgan fingerprint density at radius 3 is 2.80 bits per heavy atom. The average molecular weight is 339 g/mol. The van der Waals surface area contributed by atoms with Gasteiger partial charge < -0.3 is 4.52 Å². The quantitative estimate of drug-likeness (QED) is 0.753. The molecule has 4 rings (SSSR count). The Balaban J connectivity index is 1.54. The lowest BCUT2D eigenvalue weighted by atomic mass is 10.1. The Hall–Kier alpha value is -2.58. The molecule has 0 radical (unpaired) electrons. The predicted octanol–water partition coefficient (Wildman–Crippen LogP) is 2.25. The maximum atomic E-state index is 5.42. The molecule has 2 unspecified atom stereocenters. The van der Waals surface area contributed by atoms with Crippen LogP contribution in [0.15, 0.2) is 28.9 Å². The zero-order valence-corrected chi connectivity index (χ0v) is 14.5. The minimum absolute atomic E-state index is 0.0492. The van der Waals surface area contributed by atoms with Crippen LogP contribution in [-0.2, 0) is 0 Å². The molecule has 25 heavy (non-hydrogen) atoms. The van der Waals surface area contributed by atoms with E-state index in [1.807, 2.05) is 36.7 Å². The van der Waals surface area contributed by atoms with E-state index in [9.17, 15) is 0 Å². The standard InChI is InChI=1S/C17H21N7O/c1-4-13-8-14(21-20-13)17-19-16(23-25-17)12-5-6-15(18-9-12)24-11(3)7-10(2)22-24/h5-7,9,13-14,20-21H,4,8H2,1-3H3. The molecule has 1 saturated heterocycles. The van der Waals surface area contributed by atoms with E-state index in [1.165, 1.54) is 0 Å². The summed E-state index contributed by atoms with van der Waals surface area (Å²) < 4.78 is 7.24. The third-order valence-electron chi connectivity index (χ3n) is 4.45. The van der Waals surface area contributed by atoms with Gasteiger partial charge in [-0.25, -0.2) is 15.1 Å². The molecule has 130 valence electrons. The smallest absolute Gasteiger partial charge is 0.245 e. The van der Waals surface area contributed by atoms with Crippen molar-refractivity contribution in [2.75, 3.05) is 0 Å². The molecule has 8 nitrogen and oxygen atoms in total. The molecular weight excluding hydrogens is 318 g/mol. The predicted molar refractivity (Wildman–Crippen MR) is 91.8 cm³/mol. The average Bonchev–Trinajstić information content (AvgIpc) is 3.34. The van der Waals surface area contributed by atoms with E-state index < -0.39 is 0 Å². The minimum atomic E-state index is 0.0492. The van der Waals surface area contributed by atoms with E-state index in [1.54, 1.807) is 6.20 Å². The molecule has 1 fully saturated rings. The minimum Gasteiger partial charge on any atom is -0.337 e. The van der Waals surface area contributed by atoms with Crippen LogP contribution >= 0.6 is 0 Å². The highest BCUT2D eigenvalue weighted by atomic mass is 16.5. The Morgan fingerprint density at radius 1 is 1.28 bits per heavy atom. The van der Waals surface area contributed by atoms with Gasteiger partial charge in [0.25, 0.3) is 0 Å². The van der Waals surface area contributed by atoms with E-state index in [4.69, 9.17) is 4.52 Å². The maximum absolute atomic E-state index is 5.42. The van der Waals surface area contributed by atoms with Crippen molar-refractivity contribution in [1.82, 2.24) is 35.8 Å². The molecule has 1 aliphatic heterocycles. The lowest BCUT2D eigenvalue weighted by Crippen LogP contribution is -2.30. The molecule has 3 aromatic rings. The summed E-state index contributed by atoms with van der Waals surface area (Å²) in [6, 6.07) is 6.35. The van der Waals surface area contributed by atoms with E-state index in [0.29, 0.717) is 17.8 Å². The summed E-state index contributed by atoms with van der Waals surface area (Å²) in [4.78, 5) is 9.00. The van der Waals surface area contributed by atoms with Gasteiger partial charge >= 0.3 is 0 Å². The first-order valence-electron chi connectivity index (χ1n) is 8.48. The van der Waals surface area contributed by atoms with Crippen molar-refractivity contribution in [2.24, 2.45) is 0 Å². The second kappa shape index (κ2) is 6.38. The molecule has 0 bridgehead atoms. The zero-order valence-electron chi connectivity index (χ0n) is 14.5. The SMILES string of the molecule is CCC1CC(c2nc(-c3ccc(-n4nc(C)cc4C)nc3)no2)NN1. The Labute approximate surface area is 145 Å². The number of nitrogens with zero attached hydrogens (tertiary/aromatic N) is 5. The molecular formula is C17H21N7O. The Bertz CT molecular complexity index is 868. The molecule has 2 N–H and O–H groups in total. The molecule has 0 amide bonds. The van der Waals surface area contributed by atoms with Crippen molar-refractivity contribution < 1.29 is 4.52 Å². The lowest BCUT2D eigenvalue weighted by molar-refractivity contribution is 0.340. The van der Waals surface area contributed by atoms with Crippen molar-refractivity contribution >= 4 is 0 Å². The topological polar surface area (TPSA) is 93.7 Å². The van der Waals surface area contributed by atoms with Gasteiger partial charge in [-0.3, -0.25) is 5.43 Å². The summed E-state index contributed by atoms with van der Waals surface area (Å²) in [5.74, 6) is 1.91. The van der Waals surface area contributed by atoms with E-state index in [0.717, 1.165) is 35.6 Å². The van der Waals surface area contributed by atoms with E-state index >= 15 is 0 Å². The molecule has 8 heteroatoms. The number of aromatic nitrogens is 5. The number of pyridine rings is 1. The van der Waals surface area contributed by atoms with Crippen LogP contribution in [0.4, 0.5) is 0 Å². The Morgan fingerprint density at radius 2 is 2.16 bits per heavy atom. The molecule has 4 heterocycles. The highest BCUT2D eigenvalue weighted by Crippen LogP contribution is 2.24. The van der Waals surface area contributed by atoms with Crippen LogP contribution in [0.2, 0.25) is 0 Å². The molecule has 3 aromatic heterocycles. The third-order valence-corrected chi connectivity index (χ3v) is 4.45. The van der Waals surface area contributed by atoms with Crippen molar-refractivity contribution in [3.8, 4) is 17.2 Å². The van der Waals surface area contributed by atoms with Gasteiger partial charge in [0, 0.05) is 23.5 Å². The highest BCUT2D eigenvalue weighted by molar-refractivity contribution is 5.53. The van der Waals surface area contributed by atoms with Gasteiger partial charge in [-0.1, -0.05) is 12.1 Å². The van der Waals surface area contributed by atoms with Crippen LogP contribution in [0.3, 0.4) is 0 Å². The molecule has 0 spiro atoms. The van der Waals surface area contributed by atoms with Gasteiger partial charge in [0.2, 0.25) is 11.7 Å². The largest absolute Gasteiger partial charge is 0.337 e. The summed E-state index contributed by atoms with van der Waals surface area (Å²) in [6.07, 6.45) is 3.74. The normalized spacial score (nSPS) is 20.3. The monoisotopic (exact) mass is 339 g/mol. The number of aryl methyl sites for hydroxylation is 2. The van der Waals surface area contributed by atoms with Gasteiger partial charge in [-0.15, -0.1) is 0 Å². The van der Waals surface area contributed by atoms with Gasteiger partial charge in [-0.2, -0.15) is 10.1 Å². The fourth-order valence-corrected chi connectivity index (χ4v) is 3.05. The number of rotatable bonds is 4. The highest BCUT2D eigenvalue weighted by Gasteiger charge is 2.28. The van der Waals surface area contributed by atoms with Crippen LogP contribution in [0.5, 0.6) is 0 Å². The first-order valence-corrected chi connectivity index (χ1v) is 8.48. The van der Waals surface area contributed by atoms with Crippen LogP contribution in [-0.4, -0.2) is 30.9 Å². The van der Waals surface area contributed by atoms with Gasteiger partial charge in [0.15, 0.2) is 5.82 Å². The van der Waals surface area contributed by atoms with Crippen LogP contribution < -0.4 is 10.9 Å². The summed E-state index contributed by atoms with van der Waals surface area (Å²) in [5.41, 5.74) is 9.27. The van der Waals surface area contributed by atoms with Gasteiger partial charge in [-0.05, 0) is 44.9 Å². The fraction of sp³-hybridized carbons (Fsp3) is 0.412. The molecule has 0 saturated carbocycles. The molecule has 0 aliphatic carbocycles. The number of hydrazine groups is 1. The second-order valence-electron chi connectivity index (χ2n) is 6.38. The van der Waals surface area contributed by atoms with Gasteiger partial charge in [0.05, 0.1) is 5.69 Å². The van der Waals surface area contributed by atoms with Gasteiger partial charge in [0.1, 0.15) is 6.04 Å². The summed E-state index contributed by atoms with van der Waals surface area (Å²) >= 11 is 0. The van der Waals surface area contributed by atoms with E-state index in [-0.39, 0.29) is 6.04 Å². The van der Waals surface area contributed by atoms with Crippen molar-refractivity contribution in [2.45, 2.75) is 45.7 Å². The first-order chi connectivity index (χ1) is 12.1. The van der Waals surface area contributed by atoms with Crippen LogP contribution in [0, 0.1) is 13.8 Å². The fourth-order valence-electron chi connectivity index (χ4n) is 3.05. The molecule has 2 atom stereocenters.